The summed E-state index contributed by atoms with van der Waals surface area (Å²) in [6, 6.07) is 12.2. The number of benzene rings is 2. The van der Waals surface area contributed by atoms with Gasteiger partial charge in [0.1, 0.15) is 12.1 Å². The summed E-state index contributed by atoms with van der Waals surface area (Å²) >= 11 is 0. The van der Waals surface area contributed by atoms with E-state index in [4.69, 9.17) is 5.26 Å². The molecular weight excluding hydrogens is 426 g/mol. The zero-order valence-electron chi connectivity index (χ0n) is 18.5. The summed E-state index contributed by atoms with van der Waals surface area (Å²) in [4.78, 5) is 51.7. The molecule has 0 bridgehead atoms. The topological polar surface area (TPSA) is 137 Å². The number of nitro groups is 1. The molecule has 10 heteroatoms. The highest BCUT2D eigenvalue weighted by Gasteiger charge is 2.50. The lowest BCUT2D eigenvalue weighted by atomic mass is 9.91. The Bertz CT molecular complexity index is 1170. The van der Waals surface area contributed by atoms with Gasteiger partial charge in [-0.15, -0.1) is 0 Å². The van der Waals surface area contributed by atoms with Gasteiger partial charge in [-0.3, -0.25) is 24.6 Å². The third-order valence-corrected chi connectivity index (χ3v) is 5.47. The number of imide groups is 1. The molecule has 1 fully saturated rings. The molecule has 33 heavy (non-hydrogen) atoms. The number of non-ortho nitro benzene ring substituents is 1. The molecule has 1 atom stereocenters. The van der Waals surface area contributed by atoms with Gasteiger partial charge in [0.2, 0.25) is 5.91 Å². The number of carbonyl (C=O) groups excluding carboxylic acids is 3. The quantitative estimate of drug-likeness (QED) is 0.392. The highest BCUT2D eigenvalue weighted by molar-refractivity contribution is 6.10. The number of urea groups is 1. The van der Waals surface area contributed by atoms with Gasteiger partial charge in [0.25, 0.3) is 11.6 Å². The minimum Gasteiger partial charge on any atom is -0.319 e. The van der Waals surface area contributed by atoms with Gasteiger partial charge in [-0.2, -0.15) is 5.26 Å². The average Bonchev–Trinajstić information content (AvgIpc) is 2.97. The van der Waals surface area contributed by atoms with Crippen molar-refractivity contribution in [3.63, 3.8) is 0 Å². The van der Waals surface area contributed by atoms with Crippen LogP contribution in [0.2, 0.25) is 0 Å². The van der Waals surface area contributed by atoms with Crippen LogP contribution in [0.15, 0.2) is 42.5 Å². The predicted octanol–water partition coefficient (Wildman–Crippen LogP) is 2.93. The lowest BCUT2D eigenvalue weighted by Gasteiger charge is -2.25. The summed E-state index contributed by atoms with van der Waals surface area (Å²) in [5.74, 6) is -1.22. The number of carbonyl (C=O) groups is 3. The van der Waals surface area contributed by atoms with E-state index in [9.17, 15) is 24.5 Å². The van der Waals surface area contributed by atoms with E-state index < -0.39 is 34.9 Å². The molecule has 0 saturated carbocycles. The molecular formula is C23H23N5O5. The van der Waals surface area contributed by atoms with Crippen molar-refractivity contribution in [2.75, 3.05) is 18.0 Å². The third kappa shape index (κ3) is 4.67. The minimum absolute atomic E-state index is 0.0737. The molecule has 170 valence electrons. The second kappa shape index (κ2) is 9.08. The van der Waals surface area contributed by atoms with Crippen molar-refractivity contribution in [3.05, 3.63) is 69.3 Å². The zero-order valence-corrected chi connectivity index (χ0v) is 18.5. The summed E-state index contributed by atoms with van der Waals surface area (Å²) < 4.78 is 0. The molecule has 2 aromatic rings. The number of hydrogen-bond donors (Lipinski definition) is 1. The molecule has 1 saturated heterocycles. The first kappa shape index (κ1) is 23.4. The lowest BCUT2D eigenvalue weighted by Crippen LogP contribution is -2.45. The van der Waals surface area contributed by atoms with Crippen LogP contribution in [0.25, 0.3) is 0 Å². The monoisotopic (exact) mass is 449 g/mol. The van der Waals surface area contributed by atoms with Crippen molar-refractivity contribution in [1.82, 2.24) is 10.2 Å². The van der Waals surface area contributed by atoms with Crippen LogP contribution in [0, 0.1) is 35.3 Å². The molecule has 3 rings (SSSR count). The molecule has 0 radical (unpaired) electrons. The van der Waals surface area contributed by atoms with Crippen LogP contribution in [0.4, 0.5) is 16.2 Å². The van der Waals surface area contributed by atoms with Gasteiger partial charge < -0.3 is 10.2 Å². The van der Waals surface area contributed by atoms with Crippen molar-refractivity contribution < 1.29 is 19.3 Å². The molecule has 10 nitrogen and oxygen atoms in total. The van der Waals surface area contributed by atoms with Crippen LogP contribution < -0.4 is 10.2 Å². The van der Waals surface area contributed by atoms with E-state index in [0.717, 1.165) is 16.0 Å². The summed E-state index contributed by atoms with van der Waals surface area (Å²) in [5.41, 5.74) is 0.881. The van der Waals surface area contributed by atoms with Crippen molar-refractivity contribution in [2.45, 2.75) is 32.7 Å². The summed E-state index contributed by atoms with van der Waals surface area (Å²) in [5, 5.41) is 22.7. The van der Waals surface area contributed by atoms with E-state index in [1.54, 1.807) is 12.1 Å². The molecule has 4 amide bonds. The second-order valence-corrected chi connectivity index (χ2v) is 8.05. The highest BCUT2D eigenvalue weighted by Crippen LogP contribution is 2.31. The van der Waals surface area contributed by atoms with E-state index >= 15 is 0 Å². The number of anilines is 1. The number of rotatable bonds is 7. The molecule has 0 aliphatic carbocycles. The summed E-state index contributed by atoms with van der Waals surface area (Å²) in [6.07, 6.45) is 0.0737. The predicted molar refractivity (Wildman–Crippen MR) is 119 cm³/mol. The summed E-state index contributed by atoms with van der Waals surface area (Å²) in [7, 11) is 0. The maximum absolute atomic E-state index is 13.2. The number of nitrogens with zero attached hydrogens (tertiary/aromatic N) is 4. The average molecular weight is 449 g/mol. The first-order valence-electron chi connectivity index (χ1n) is 10.2. The Kier molecular flexibility index (Phi) is 6.44. The standard InChI is InChI=1S/C23H23N5O5/c1-15-10-16(2)12-19(11-15)26(9-5-8-24)20(29)14-27-21(30)23(3,25-22(27)31)17-6-4-7-18(13-17)28(32)33/h4,6-7,10-13H,5,9,14H2,1-3H3,(H,25,31). The van der Waals surface area contributed by atoms with Gasteiger partial charge in [0.15, 0.2) is 0 Å². The minimum atomic E-state index is -1.55. The highest BCUT2D eigenvalue weighted by atomic mass is 16.6. The molecule has 0 spiro atoms. The lowest BCUT2D eigenvalue weighted by molar-refractivity contribution is -0.385. The Morgan fingerprint density at radius 2 is 1.88 bits per heavy atom. The number of amides is 4. The van der Waals surface area contributed by atoms with Gasteiger partial charge in [0, 0.05) is 24.4 Å². The van der Waals surface area contributed by atoms with Gasteiger partial charge in [-0.1, -0.05) is 18.2 Å². The first-order valence-corrected chi connectivity index (χ1v) is 10.2. The zero-order chi connectivity index (χ0) is 24.3. The maximum Gasteiger partial charge on any atom is 0.325 e. The molecule has 0 aromatic heterocycles. The van der Waals surface area contributed by atoms with E-state index in [1.807, 2.05) is 26.0 Å². The fourth-order valence-electron chi connectivity index (χ4n) is 3.85. The van der Waals surface area contributed by atoms with Crippen molar-refractivity contribution in [2.24, 2.45) is 0 Å². The normalized spacial score (nSPS) is 17.5. The van der Waals surface area contributed by atoms with Crippen molar-refractivity contribution in [3.8, 4) is 6.07 Å². The van der Waals surface area contributed by atoms with Gasteiger partial charge in [0.05, 0.1) is 17.4 Å². The van der Waals surface area contributed by atoms with Gasteiger partial charge >= 0.3 is 6.03 Å². The van der Waals surface area contributed by atoms with E-state index in [0.29, 0.717) is 5.69 Å². The molecule has 1 aliphatic rings. The molecule has 2 aromatic carbocycles. The van der Waals surface area contributed by atoms with E-state index in [-0.39, 0.29) is 24.2 Å². The second-order valence-electron chi connectivity index (χ2n) is 8.05. The van der Waals surface area contributed by atoms with Crippen LogP contribution in [0.1, 0.15) is 30.0 Å². The smallest absolute Gasteiger partial charge is 0.319 e. The molecule has 1 N–H and O–H groups in total. The number of hydrogen-bond acceptors (Lipinski definition) is 6. The number of nitro benzene ring substituents is 1. The fourth-order valence-corrected chi connectivity index (χ4v) is 3.85. The summed E-state index contributed by atoms with van der Waals surface area (Å²) in [6.45, 7) is 4.77. The van der Waals surface area contributed by atoms with Crippen LogP contribution in [-0.2, 0) is 15.1 Å². The van der Waals surface area contributed by atoms with Crippen molar-refractivity contribution in [1.29, 1.82) is 5.26 Å². The van der Waals surface area contributed by atoms with Gasteiger partial charge in [-0.05, 0) is 49.6 Å². The SMILES string of the molecule is Cc1cc(C)cc(N(CCC#N)C(=O)CN2C(=O)NC(C)(c3cccc([N+](=O)[O-])c3)C2=O)c1. The molecule has 1 unspecified atom stereocenters. The maximum atomic E-state index is 13.2. The molecule has 1 aliphatic heterocycles. The number of nitrogens with one attached hydrogen (secondary N) is 1. The Hall–Kier alpha value is -4.26. The first-order chi connectivity index (χ1) is 15.6. The largest absolute Gasteiger partial charge is 0.325 e. The Labute approximate surface area is 190 Å². The van der Waals surface area contributed by atoms with Crippen molar-refractivity contribution >= 4 is 29.2 Å². The third-order valence-electron chi connectivity index (χ3n) is 5.47. The fraction of sp³-hybridized carbons (Fsp3) is 0.304. The Morgan fingerprint density at radius 1 is 1.21 bits per heavy atom. The van der Waals surface area contributed by atoms with Crippen LogP contribution in [0.5, 0.6) is 0 Å². The number of aryl methyl sites for hydroxylation is 2. The Morgan fingerprint density at radius 3 is 2.48 bits per heavy atom. The van der Waals surface area contributed by atoms with Crippen LogP contribution >= 0.6 is 0 Å². The van der Waals surface area contributed by atoms with Gasteiger partial charge in [-0.25, -0.2) is 4.79 Å². The number of nitriles is 1. The molecule has 1 heterocycles. The van der Waals surface area contributed by atoms with E-state index in [2.05, 4.69) is 5.32 Å². The Balaban J connectivity index is 1.88. The van der Waals surface area contributed by atoms with Crippen LogP contribution in [0.3, 0.4) is 0 Å². The van der Waals surface area contributed by atoms with E-state index in [1.165, 1.54) is 36.1 Å². The van der Waals surface area contributed by atoms with Crippen LogP contribution in [-0.4, -0.2) is 40.8 Å².